The normalized spacial score (nSPS) is 14.7. The fraction of sp³-hybridized carbons (Fsp3) is 0.974. The van der Waals surface area contributed by atoms with Gasteiger partial charge in [-0.2, -0.15) is 0 Å². The molecule has 0 bridgehead atoms. The predicted octanol–water partition coefficient (Wildman–Crippen LogP) is 9.30. The van der Waals surface area contributed by atoms with E-state index >= 15 is 0 Å². The van der Waals surface area contributed by atoms with Crippen LogP contribution in [0, 0.1) is 5.92 Å². The molecule has 1 aliphatic heterocycles. The summed E-state index contributed by atoms with van der Waals surface area (Å²) in [6.07, 6.45) is 30.0. The van der Waals surface area contributed by atoms with Crippen LogP contribution in [-0.4, -0.2) is 86.1 Å². The van der Waals surface area contributed by atoms with Crippen LogP contribution in [0.4, 0.5) is 0 Å². The van der Waals surface area contributed by atoms with Crippen molar-refractivity contribution in [2.45, 2.75) is 169 Å². The van der Waals surface area contributed by atoms with Gasteiger partial charge in [-0.25, -0.2) is 0 Å². The summed E-state index contributed by atoms with van der Waals surface area (Å²) in [6, 6.07) is 0. The van der Waals surface area contributed by atoms with E-state index in [2.05, 4.69) is 47.7 Å². The van der Waals surface area contributed by atoms with Crippen LogP contribution in [0.2, 0.25) is 0 Å². The SMILES string of the molecule is CCCCCCCCCN(CCCCCCCC)CCN(CCCCCCCC(C)CCCC)CC(=O)N1CCNCC1. The molecule has 256 valence electrons. The summed E-state index contributed by atoms with van der Waals surface area (Å²) in [5.41, 5.74) is 0. The van der Waals surface area contributed by atoms with E-state index in [1.54, 1.807) is 0 Å². The van der Waals surface area contributed by atoms with Gasteiger partial charge in [-0.3, -0.25) is 9.69 Å². The van der Waals surface area contributed by atoms with Crippen LogP contribution in [0.5, 0.6) is 0 Å². The summed E-state index contributed by atoms with van der Waals surface area (Å²) < 4.78 is 0. The number of hydrogen-bond donors (Lipinski definition) is 1. The number of amides is 1. The Bertz CT molecular complexity index is 594. The van der Waals surface area contributed by atoms with Gasteiger partial charge in [0.25, 0.3) is 0 Å². The second-order valence-electron chi connectivity index (χ2n) is 13.9. The molecule has 1 fully saturated rings. The maximum Gasteiger partial charge on any atom is 0.236 e. The minimum absolute atomic E-state index is 0.345. The second kappa shape index (κ2) is 30.0. The molecule has 0 aromatic carbocycles. The van der Waals surface area contributed by atoms with E-state index in [-0.39, 0.29) is 0 Å². The Morgan fingerprint density at radius 3 is 1.51 bits per heavy atom. The van der Waals surface area contributed by atoms with Crippen molar-refractivity contribution in [2.75, 3.05) is 65.4 Å². The number of piperazine rings is 1. The number of nitrogens with one attached hydrogen (secondary N) is 1. The van der Waals surface area contributed by atoms with Crippen molar-refractivity contribution >= 4 is 5.91 Å². The molecule has 5 nitrogen and oxygen atoms in total. The van der Waals surface area contributed by atoms with E-state index in [0.717, 1.165) is 51.7 Å². The van der Waals surface area contributed by atoms with Crippen molar-refractivity contribution in [1.82, 2.24) is 20.0 Å². The molecule has 1 N–H and O–H groups in total. The molecule has 1 rings (SSSR count). The third-order valence-corrected chi connectivity index (χ3v) is 9.69. The topological polar surface area (TPSA) is 38.8 Å². The molecule has 0 spiro atoms. The number of nitrogens with zero attached hydrogens (tertiary/aromatic N) is 3. The lowest BCUT2D eigenvalue weighted by molar-refractivity contribution is -0.133. The van der Waals surface area contributed by atoms with Gasteiger partial charge in [0.05, 0.1) is 6.54 Å². The molecule has 0 saturated carbocycles. The van der Waals surface area contributed by atoms with E-state index in [1.165, 1.54) is 154 Å². The zero-order valence-electron chi connectivity index (χ0n) is 30.0. The summed E-state index contributed by atoms with van der Waals surface area (Å²) in [4.78, 5) is 20.6. The molecule has 5 heteroatoms. The molecule has 1 saturated heterocycles. The molecular weight excluding hydrogens is 528 g/mol. The second-order valence-corrected chi connectivity index (χ2v) is 13.9. The lowest BCUT2D eigenvalue weighted by Gasteiger charge is -2.32. The fourth-order valence-electron chi connectivity index (χ4n) is 6.56. The molecule has 1 amide bonds. The first-order chi connectivity index (χ1) is 21.1. The van der Waals surface area contributed by atoms with Gasteiger partial charge in [0.1, 0.15) is 0 Å². The first-order valence-corrected chi connectivity index (χ1v) is 19.5. The first-order valence-electron chi connectivity index (χ1n) is 19.5. The molecule has 0 aromatic heterocycles. The minimum Gasteiger partial charge on any atom is -0.339 e. The number of hydrogen-bond acceptors (Lipinski definition) is 4. The third-order valence-electron chi connectivity index (χ3n) is 9.69. The quantitative estimate of drug-likeness (QED) is 0.0798. The summed E-state index contributed by atoms with van der Waals surface area (Å²) in [6.45, 7) is 19.3. The van der Waals surface area contributed by atoms with Gasteiger partial charge in [0.2, 0.25) is 5.91 Å². The summed E-state index contributed by atoms with van der Waals surface area (Å²) in [5, 5.41) is 3.40. The monoisotopic (exact) mass is 607 g/mol. The van der Waals surface area contributed by atoms with E-state index in [4.69, 9.17) is 0 Å². The van der Waals surface area contributed by atoms with Crippen molar-refractivity contribution in [3.63, 3.8) is 0 Å². The Morgan fingerprint density at radius 2 is 0.977 bits per heavy atom. The van der Waals surface area contributed by atoms with Gasteiger partial charge >= 0.3 is 0 Å². The van der Waals surface area contributed by atoms with Gasteiger partial charge in [-0.1, -0.05) is 150 Å². The van der Waals surface area contributed by atoms with Crippen LogP contribution in [0.1, 0.15) is 169 Å². The highest BCUT2D eigenvalue weighted by Gasteiger charge is 2.19. The number of carbonyl (C=O) groups excluding carboxylic acids is 1. The van der Waals surface area contributed by atoms with Crippen LogP contribution in [0.3, 0.4) is 0 Å². The summed E-state index contributed by atoms with van der Waals surface area (Å²) >= 11 is 0. The Morgan fingerprint density at radius 1 is 0.558 bits per heavy atom. The largest absolute Gasteiger partial charge is 0.339 e. The van der Waals surface area contributed by atoms with Crippen LogP contribution < -0.4 is 5.32 Å². The fourth-order valence-corrected chi connectivity index (χ4v) is 6.56. The Labute approximate surface area is 270 Å². The van der Waals surface area contributed by atoms with E-state index in [0.29, 0.717) is 12.5 Å². The molecule has 1 unspecified atom stereocenters. The number of carbonyl (C=O) groups is 1. The van der Waals surface area contributed by atoms with Crippen molar-refractivity contribution in [1.29, 1.82) is 0 Å². The number of unbranched alkanes of at least 4 members (excludes halogenated alkanes) is 16. The highest BCUT2D eigenvalue weighted by atomic mass is 16.2. The Hall–Kier alpha value is -0.650. The van der Waals surface area contributed by atoms with Crippen LogP contribution in [0.15, 0.2) is 0 Å². The van der Waals surface area contributed by atoms with Crippen molar-refractivity contribution in [3.8, 4) is 0 Å². The molecule has 0 aromatic rings. The molecule has 0 radical (unpaired) electrons. The lowest BCUT2D eigenvalue weighted by atomic mass is 9.97. The third kappa shape index (κ3) is 24.3. The van der Waals surface area contributed by atoms with Crippen LogP contribution in [-0.2, 0) is 4.79 Å². The molecule has 43 heavy (non-hydrogen) atoms. The van der Waals surface area contributed by atoms with E-state index in [1.807, 2.05) is 0 Å². The highest BCUT2D eigenvalue weighted by Crippen LogP contribution is 2.17. The van der Waals surface area contributed by atoms with Crippen molar-refractivity contribution in [3.05, 3.63) is 0 Å². The van der Waals surface area contributed by atoms with Gasteiger partial charge < -0.3 is 15.1 Å². The van der Waals surface area contributed by atoms with Crippen LogP contribution in [0.25, 0.3) is 0 Å². The van der Waals surface area contributed by atoms with Gasteiger partial charge in [-0.15, -0.1) is 0 Å². The molecule has 0 aliphatic carbocycles. The van der Waals surface area contributed by atoms with Gasteiger partial charge in [0.15, 0.2) is 0 Å². The van der Waals surface area contributed by atoms with Gasteiger partial charge in [0, 0.05) is 39.3 Å². The Balaban J connectivity index is 2.53. The van der Waals surface area contributed by atoms with Crippen LogP contribution >= 0.6 is 0 Å². The summed E-state index contributed by atoms with van der Waals surface area (Å²) in [7, 11) is 0. The van der Waals surface area contributed by atoms with E-state index < -0.39 is 0 Å². The maximum atomic E-state index is 13.2. The zero-order valence-corrected chi connectivity index (χ0v) is 30.0. The van der Waals surface area contributed by atoms with Crippen molar-refractivity contribution < 1.29 is 4.79 Å². The smallest absolute Gasteiger partial charge is 0.236 e. The first kappa shape index (κ1) is 40.4. The van der Waals surface area contributed by atoms with Crippen molar-refractivity contribution in [2.24, 2.45) is 5.92 Å². The average molecular weight is 607 g/mol. The van der Waals surface area contributed by atoms with E-state index in [9.17, 15) is 4.79 Å². The number of rotatable bonds is 31. The molecule has 1 atom stereocenters. The molecular formula is C38H78N4O. The minimum atomic E-state index is 0.345. The predicted molar refractivity (Wildman–Crippen MR) is 190 cm³/mol. The summed E-state index contributed by atoms with van der Waals surface area (Å²) in [5.74, 6) is 1.24. The maximum absolute atomic E-state index is 13.2. The Kier molecular flexibility index (Phi) is 28.2. The lowest BCUT2D eigenvalue weighted by Crippen LogP contribution is -2.50. The molecule has 1 aliphatic rings. The van der Waals surface area contributed by atoms with Gasteiger partial charge in [-0.05, 0) is 44.8 Å². The zero-order chi connectivity index (χ0) is 31.2. The average Bonchev–Trinajstić information content (AvgIpc) is 3.02. The highest BCUT2D eigenvalue weighted by molar-refractivity contribution is 5.78. The molecule has 1 heterocycles. The standard InChI is InChI=1S/C38H78N4O/c1-5-8-11-13-15-19-23-30-40(29-22-18-14-12-9-6-2)34-35-41(36-38(43)42-32-27-39-28-33-42)31-24-20-16-17-21-26-37(4)25-10-7-3/h37,39H,5-36H2,1-4H3.